The molecule has 59 heavy (non-hydrogen) atoms. The summed E-state index contributed by atoms with van der Waals surface area (Å²) in [5.41, 5.74) is 0. The molecular weight excluding hydrogens is 741 g/mol. The molecule has 4 N–H and O–H groups in total. The lowest BCUT2D eigenvalue weighted by atomic mass is 10.0. The van der Waals surface area contributed by atoms with Crippen LogP contribution in [0.3, 0.4) is 0 Å². The highest BCUT2D eigenvalue weighted by Gasteiger charge is 2.19. The Bertz CT molecular complexity index is 1180. The fourth-order valence-corrected chi connectivity index (χ4v) is 6.64. The minimum Gasteiger partial charge on any atom is -0.480 e. The Balaban J connectivity index is 4.43. The minimum absolute atomic E-state index is 0.0590. The van der Waals surface area contributed by atoms with Crippen molar-refractivity contribution in [2.75, 3.05) is 13.2 Å². The molecule has 9 nitrogen and oxygen atoms in total. The summed E-state index contributed by atoms with van der Waals surface area (Å²) < 4.78 is 6.03. The molecule has 2 atom stereocenters. The maximum absolute atomic E-state index is 12.8. The average Bonchev–Trinajstić information content (AvgIpc) is 3.22. The molecule has 2 amide bonds. The Morgan fingerprint density at radius 3 is 1.51 bits per heavy atom. The molecule has 0 aromatic heterocycles. The number of unbranched alkanes of at least 4 members (excludes halogenated alkanes) is 18. The van der Waals surface area contributed by atoms with Crippen LogP contribution in [0.15, 0.2) is 60.8 Å². The minimum atomic E-state index is -1.39. The highest BCUT2D eigenvalue weighted by molar-refractivity contribution is 5.87. The predicted octanol–water partition coefficient (Wildman–Crippen LogP) is 12.1. The van der Waals surface area contributed by atoms with E-state index in [0.717, 1.165) is 109 Å². The number of ether oxygens (including phenoxy) is 1. The van der Waals surface area contributed by atoms with Gasteiger partial charge in [0.25, 0.3) is 0 Å². The molecule has 0 aromatic carbocycles. The van der Waals surface area contributed by atoms with Gasteiger partial charge in [0.05, 0.1) is 13.2 Å². The van der Waals surface area contributed by atoms with Gasteiger partial charge in [-0.1, -0.05) is 152 Å². The van der Waals surface area contributed by atoms with E-state index in [1.54, 1.807) is 0 Å². The standard InChI is InChI=1S/C50H86N2O7/c1-3-5-7-9-11-13-15-17-19-21-23-25-27-29-34-38-42-49(56)59-45(39-35-31-28-26-24-22-20-18-16-14-12-10-8-6-4-2)40-36-32-30-33-37-41-47(54)51-43-48(55)52-46(44-53)50(57)58/h6,8,12,14,18-21,24,26,45-46,53H,3-5,7,9-11,13,15-17,22-23,25,27-44H2,1-2H3,(H,51,54)(H,52,55)(H,57,58)/b8-6-,14-12-,20-18-,21-19-,26-24-. The molecule has 0 radical (unpaired) electrons. The van der Waals surface area contributed by atoms with Crippen molar-refractivity contribution in [2.45, 2.75) is 219 Å². The highest BCUT2D eigenvalue weighted by Crippen LogP contribution is 2.18. The second-order valence-corrected chi connectivity index (χ2v) is 15.8. The third-order valence-electron chi connectivity index (χ3n) is 10.2. The van der Waals surface area contributed by atoms with Gasteiger partial charge in [0.2, 0.25) is 11.8 Å². The van der Waals surface area contributed by atoms with E-state index in [-0.39, 0.29) is 30.9 Å². The van der Waals surface area contributed by atoms with Crippen LogP contribution in [0.2, 0.25) is 0 Å². The van der Waals surface area contributed by atoms with Gasteiger partial charge in [0, 0.05) is 12.8 Å². The van der Waals surface area contributed by atoms with Crippen molar-refractivity contribution in [2.24, 2.45) is 0 Å². The van der Waals surface area contributed by atoms with Gasteiger partial charge in [-0.2, -0.15) is 0 Å². The van der Waals surface area contributed by atoms with Crippen LogP contribution >= 0.6 is 0 Å². The Hall–Kier alpha value is -3.46. The van der Waals surface area contributed by atoms with Crippen LogP contribution in [0.1, 0.15) is 206 Å². The number of aliphatic carboxylic acids is 1. The topological polar surface area (TPSA) is 142 Å². The summed E-state index contributed by atoms with van der Waals surface area (Å²) in [7, 11) is 0. The first-order valence-corrected chi connectivity index (χ1v) is 23.7. The molecule has 0 bridgehead atoms. The molecule has 338 valence electrons. The lowest BCUT2D eigenvalue weighted by molar-refractivity contribution is -0.150. The first-order valence-electron chi connectivity index (χ1n) is 23.7. The SMILES string of the molecule is CC/C=C\C/C=C\C/C=C\C/C=C\CCCCC(CCCCCCCC(=O)NCC(=O)NC(CO)C(=O)O)OC(=O)CCCCCCC/C=C\CCCCCCCCC. The third-order valence-corrected chi connectivity index (χ3v) is 10.2. The van der Waals surface area contributed by atoms with Gasteiger partial charge >= 0.3 is 11.9 Å². The number of amides is 2. The van der Waals surface area contributed by atoms with E-state index >= 15 is 0 Å². The van der Waals surface area contributed by atoms with E-state index in [1.165, 1.54) is 64.2 Å². The number of carbonyl (C=O) groups excluding carboxylic acids is 3. The number of rotatable bonds is 42. The van der Waals surface area contributed by atoms with Crippen LogP contribution in [0.4, 0.5) is 0 Å². The number of aliphatic hydroxyl groups excluding tert-OH is 1. The Labute approximate surface area is 360 Å². The van der Waals surface area contributed by atoms with Gasteiger partial charge in [-0.15, -0.1) is 0 Å². The summed E-state index contributed by atoms with van der Waals surface area (Å²) in [6.45, 7) is 3.36. The molecule has 0 aliphatic rings. The average molecular weight is 827 g/mol. The third kappa shape index (κ3) is 41.1. The fraction of sp³-hybridized carbons (Fsp3) is 0.720. The fourth-order valence-electron chi connectivity index (χ4n) is 6.64. The van der Waals surface area contributed by atoms with Gasteiger partial charge in [0.15, 0.2) is 0 Å². The molecule has 0 spiro atoms. The highest BCUT2D eigenvalue weighted by atomic mass is 16.5. The molecule has 0 aliphatic carbocycles. The molecule has 0 heterocycles. The zero-order chi connectivity index (χ0) is 43.3. The van der Waals surface area contributed by atoms with E-state index in [0.29, 0.717) is 12.8 Å². The van der Waals surface area contributed by atoms with Crippen LogP contribution < -0.4 is 10.6 Å². The van der Waals surface area contributed by atoms with Crippen LogP contribution in [0.25, 0.3) is 0 Å². The number of carboxylic acids is 1. The number of carboxylic acid groups (broad SMARTS) is 1. The lowest BCUT2D eigenvalue weighted by Gasteiger charge is -2.18. The second-order valence-electron chi connectivity index (χ2n) is 15.8. The normalized spacial score (nSPS) is 13.0. The van der Waals surface area contributed by atoms with Gasteiger partial charge in [-0.25, -0.2) is 4.79 Å². The molecule has 0 rings (SSSR count). The van der Waals surface area contributed by atoms with Crippen molar-refractivity contribution in [3.8, 4) is 0 Å². The monoisotopic (exact) mass is 827 g/mol. The van der Waals surface area contributed by atoms with E-state index < -0.39 is 24.5 Å². The van der Waals surface area contributed by atoms with Gasteiger partial charge in [-0.05, 0) is 103 Å². The Morgan fingerprint density at radius 1 is 0.525 bits per heavy atom. The number of aliphatic hydroxyl groups is 1. The van der Waals surface area contributed by atoms with Gasteiger partial charge in [0.1, 0.15) is 12.1 Å². The van der Waals surface area contributed by atoms with E-state index in [4.69, 9.17) is 14.9 Å². The van der Waals surface area contributed by atoms with Crippen molar-refractivity contribution >= 4 is 23.8 Å². The molecule has 0 aliphatic heterocycles. The van der Waals surface area contributed by atoms with Crippen LogP contribution in [0.5, 0.6) is 0 Å². The molecule has 0 aromatic rings. The number of nitrogens with one attached hydrogen (secondary N) is 2. The van der Waals surface area contributed by atoms with Gasteiger partial charge in [-0.3, -0.25) is 14.4 Å². The van der Waals surface area contributed by atoms with Crippen LogP contribution in [-0.4, -0.2) is 59.3 Å². The number of hydrogen-bond donors (Lipinski definition) is 4. The van der Waals surface area contributed by atoms with Crippen LogP contribution in [0, 0.1) is 0 Å². The molecule has 2 unspecified atom stereocenters. The van der Waals surface area contributed by atoms with Crippen LogP contribution in [-0.2, 0) is 23.9 Å². The first-order chi connectivity index (χ1) is 28.8. The summed E-state index contributed by atoms with van der Waals surface area (Å²) in [6, 6.07) is -1.39. The predicted molar refractivity (Wildman–Crippen MR) is 245 cm³/mol. The van der Waals surface area contributed by atoms with E-state index in [1.807, 2.05) is 0 Å². The maximum atomic E-state index is 12.8. The first kappa shape index (κ1) is 55.5. The van der Waals surface area contributed by atoms with Crippen molar-refractivity contribution in [3.63, 3.8) is 0 Å². The molecule has 9 heteroatoms. The zero-order valence-electron chi connectivity index (χ0n) is 37.5. The summed E-state index contributed by atoms with van der Waals surface area (Å²) in [5, 5.41) is 22.6. The van der Waals surface area contributed by atoms with Gasteiger partial charge < -0.3 is 25.6 Å². The van der Waals surface area contributed by atoms with Crippen molar-refractivity contribution < 1.29 is 34.1 Å². The molecule has 0 fully saturated rings. The summed E-state index contributed by atoms with van der Waals surface area (Å²) in [4.78, 5) is 47.7. The number of esters is 1. The summed E-state index contributed by atoms with van der Waals surface area (Å²) in [5.74, 6) is -2.34. The quantitative estimate of drug-likeness (QED) is 0.0273. The number of hydrogen-bond acceptors (Lipinski definition) is 6. The largest absolute Gasteiger partial charge is 0.480 e. The van der Waals surface area contributed by atoms with Crippen molar-refractivity contribution in [3.05, 3.63) is 60.8 Å². The molecule has 0 saturated carbocycles. The van der Waals surface area contributed by atoms with E-state index in [9.17, 15) is 19.2 Å². The zero-order valence-corrected chi connectivity index (χ0v) is 37.5. The molecule has 0 saturated heterocycles. The van der Waals surface area contributed by atoms with Crippen molar-refractivity contribution in [1.29, 1.82) is 0 Å². The summed E-state index contributed by atoms with van der Waals surface area (Å²) >= 11 is 0. The van der Waals surface area contributed by atoms with E-state index in [2.05, 4.69) is 85.2 Å². The Kier molecular flexibility index (Phi) is 41.5. The summed E-state index contributed by atoms with van der Waals surface area (Å²) in [6.07, 6.45) is 53.9. The number of carbonyl (C=O) groups is 4. The second kappa shape index (κ2) is 44.1. The van der Waals surface area contributed by atoms with Crippen molar-refractivity contribution in [1.82, 2.24) is 10.6 Å². The number of allylic oxidation sites excluding steroid dienone is 10. The smallest absolute Gasteiger partial charge is 0.328 e. The Morgan fingerprint density at radius 2 is 0.966 bits per heavy atom. The lowest BCUT2D eigenvalue weighted by Crippen LogP contribution is -2.47. The maximum Gasteiger partial charge on any atom is 0.328 e. The molecular formula is C50H86N2O7.